The second kappa shape index (κ2) is 9.00. The summed E-state index contributed by atoms with van der Waals surface area (Å²) in [7, 11) is 0. The van der Waals surface area contributed by atoms with Gasteiger partial charge in [0, 0.05) is 6.61 Å². The smallest absolute Gasteiger partial charge is 0.240 e. The Balaban J connectivity index is 1.58. The second-order valence-corrected chi connectivity index (χ2v) is 8.81. The topological polar surface area (TPSA) is 42.4 Å². The number of hydrogen-bond acceptors (Lipinski definition) is 4. The third-order valence-electron chi connectivity index (χ3n) is 5.70. The van der Waals surface area contributed by atoms with E-state index in [1.807, 2.05) is 83.8 Å². The zero-order valence-corrected chi connectivity index (χ0v) is 18.0. The molecule has 0 aliphatic carbocycles. The van der Waals surface area contributed by atoms with Crippen LogP contribution in [0, 0.1) is 0 Å². The van der Waals surface area contributed by atoms with Gasteiger partial charge in [-0.2, -0.15) is 0 Å². The van der Waals surface area contributed by atoms with E-state index in [-0.39, 0.29) is 12.0 Å². The van der Waals surface area contributed by atoms with Gasteiger partial charge in [-0.3, -0.25) is 9.69 Å². The van der Waals surface area contributed by atoms with Crippen molar-refractivity contribution in [3.63, 3.8) is 0 Å². The molecule has 1 atom stereocenters. The van der Waals surface area contributed by atoms with Gasteiger partial charge in [-0.1, -0.05) is 84.1 Å². The van der Waals surface area contributed by atoms with E-state index in [1.54, 1.807) is 11.3 Å². The number of anilines is 1. The number of aromatic nitrogens is 1. The maximum Gasteiger partial charge on any atom is 0.240 e. The fourth-order valence-corrected chi connectivity index (χ4v) is 5.13. The van der Waals surface area contributed by atoms with Crippen LogP contribution in [0.15, 0.2) is 84.9 Å². The molecule has 2 heterocycles. The molecule has 1 aliphatic rings. The van der Waals surface area contributed by atoms with Crippen molar-refractivity contribution in [2.45, 2.75) is 24.9 Å². The van der Waals surface area contributed by atoms with Crippen LogP contribution in [-0.4, -0.2) is 30.1 Å². The van der Waals surface area contributed by atoms with Gasteiger partial charge in [-0.05, 0) is 36.1 Å². The van der Waals surface area contributed by atoms with E-state index in [2.05, 4.69) is 6.07 Å². The molecule has 0 spiro atoms. The number of carbonyl (C=O) groups excluding carboxylic acids is 1. The average molecular weight is 429 g/mol. The molecule has 1 saturated heterocycles. The van der Waals surface area contributed by atoms with Gasteiger partial charge in [0.15, 0.2) is 5.13 Å². The fourth-order valence-electron chi connectivity index (χ4n) is 4.15. The standard InChI is InChI=1S/C26H24N2O2S/c29-25(24(19-10-3-1-4-11-19)20-12-5-2-6-13-20)28(18-21-14-9-17-30-21)26-27-22-15-7-8-16-23(22)31-26/h1-8,10-13,15-16,21,24H,9,14,17-18H2. The van der Waals surface area contributed by atoms with Crippen molar-refractivity contribution in [3.8, 4) is 0 Å². The zero-order chi connectivity index (χ0) is 21.0. The van der Waals surface area contributed by atoms with Gasteiger partial charge in [0.1, 0.15) is 0 Å². The quantitative estimate of drug-likeness (QED) is 0.399. The van der Waals surface area contributed by atoms with Crippen molar-refractivity contribution in [2.75, 3.05) is 18.1 Å². The van der Waals surface area contributed by atoms with Crippen molar-refractivity contribution >= 4 is 32.6 Å². The number of ether oxygens (including phenoxy) is 1. The van der Waals surface area contributed by atoms with Crippen LogP contribution >= 0.6 is 11.3 Å². The molecular formula is C26H24N2O2S. The molecule has 0 N–H and O–H groups in total. The Morgan fingerprint density at radius 3 is 2.23 bits per heavy atom. The third-order valence-corrected chi connectivity index (χ3v) is 6.76. The predicted octanol–water partition coefficient (Wildman–Crippen LogP) is 5.64. The van der Waals surface area contributed by atoms with Gasteiger partial charge in [0.2, 0.25) is 5.91 Å². The van der Waals surface area contributed by atoms with Gasteiger partial charge < -0.3 is 4.74 Å². The monoisotopic (exact) mass is 428 g/mol. The van der Waals surface area contributed by atoms with E-state index >= 15 is 0 Å². The molecule has 3 aromatic carbocycles. The molecule has 156 valence electrons. The fraction of sp³-hybridized carbons (Fsp3) is 0.231. The van der Waals surface area contributed by atoms with E-state index in [1.165, 1.54) is 0 Å². The van der Waals surface area contributed by atoms with Crippen LogP contribution in [0.3, 0.4) is 0 Å². The molecule has 5 rings (SSSR count). The summed E-state index contributed by atoms with van der Waals surface area (Å²) < 4.78 is 6.99. The highest BCUT2D eigenvalue weighted by Gasteiger charge is 2.32. The normalized spacial score (nSPS) is 16.1. The molecule has 4 aromatic rings. The molecule has 5 heteroatoms. The molecular weight excluding hydrogens is 404 g/mol. The molecule has 0 radical (unpaired) electrons. The molecule has 0 bridgehead atoms. The number of para-hydroxylation sites is 1. The SMILES string of the molecule is O=C(C(c1ccccc1)c1ccccc1)N(CC1CCCO1)c1nc2ccccc2s1. The van der Waals surface area contributed by atoms with Crippen LogP contribution in [0.1, 0.15) is 29.9 Å². The van der Waals surface area contributed by atoms with Crippen LogP contribution < -0.4 is 4.90 Å². The Kier molecular flexibility index (Phi) is 5.78. The number of carbonyl (C=O) groups is 1. The molecule has 1 aromatic heterocycles. The second-order valence-electron chi connectivity index (χ2n) is 7.80. The number of rotatable bonds is 6. The molecule has 1 amide bonds. The zero-order valence-electron chi connectivity index (χ0n) is 17.2. The van der Waals surface area contributed by atoms with E-state index in [0.29, 0.717) is 6.54 Å². The van der Waals surface area contributed by atoms with Crippen LogP contribution in [0.5, 0.6) is 0 Å². The Labute approximate surface area is 186 Å². The summed E-state index contributed by atoms with van der Waals surface area (Å²) in [4.78, 5) is 20.8. The van der Waals surface area contributed by atoms with Crippen molar-refractivity contribution in [3.05, 3.63) is 96.1 Å². The number of thiazole rings is 1. The van der Waals surface area contributed by atoms with E-state index in [9.17, 15) is 4.79 Å². The van der Waals surface area contributed by atoms with Gasteiger partial charge in [0.25, 0.3) is 0 Å². The van der Waals surface area contributed by atoms with Crippen LogP contribution in [0.2, 0.25) is 0 Å². The van der Waals surface area contributed by atoms with E-state index in [4.69, 9.17) is 9.72 Å². The predicted molar refractivity (Wildman–Crippen MR) is 126 cm³/mol. The minimum absolute atomic E-state index is 0.0342. The summed E-state index contributed by atoms with van der Waals surface area (Å²) in [5.74, 6) is -0.359. The van der Waals surface area contributed by atoms with E-state index < -0.39 is 5.92 Å². The van der Waals surface area contributed by atoms with Gasteiger partial charge in [-0.25, -0.2) is 4.98 Å². The van der Waals surface area contributed by atoms with Gasteiger partial charge >= 0.3 is 0 Å². The van der Waals surface area contributed by atoms with Crippen molar-refractivity contribution in [1.29, 1.82) is 0 Å². The first-order chi connectivity index (χ1) is 15.3. The minimum Gasteiger partial charge on any atom is -0.376 e. The summed E-state index contributed by atoms with van der Waals surface area (Å²) >= 11 is 1.56. The lowest BCUT2D eigenvalue weighted by Crippen LogP contribution is -2.40. The van der Waals surface area contributed by atoms with Gasteiger partial charge in [0.05, 0.1) is 28.8 Å². The Hall–Kier alpha value is -3.02. The first kappa shape index (κ1) is 19.9. The van der Waals surface area contributed by atoms with Crippen molar-refractivity contribution < 1.29 is 9.53 Å². The maximum atomic E-state index is 14.1. The molecule has 1 aliphatic heterocycles. The number of hydrogen-bond donors (Lipinski definition) is 0. The van der Waals surface area contributed by atoms with Crippen molar-refractivity contribution in [1.82, 2.24) is 4.98 Å². The largest absolute Gasteiger partial charge is 0.376 e. The van der Waals surface area contributed by atoms with Crippen LogP contribution in [0.4, 0.5) is 5.13 Å². The molecule has 31 heavy (non-hydrogen) atoms. The van der Waals surface area contributed by atoms with Crippen LogP contribution in [-0.2, 0) is 9.53 Å². The van der Waals surface area contributed by atoms with Crippen LogP contribution in [0.25, 0.3) is 10.2 Å². The number of benzene rings is 3. The molecule has 1 unspecified atom stereocenters. The highest BCUT2D eigenvalue weighted by atomic mass is 32.1. The van der Waals surface area contributed by atoms with E-state index in [0.717, 1.165) is 45.9 Å². The Morgan fingerprint density at radius 2 is 1.61 bits per heavy atom. The maximum absolute atomic E-state index is 14.1. The summed E-state index contributed by atoms with van der Waals surface area (Å²) in [6.07, 6.45) is 2.05. The number of fused-ring (bicyclic) bond motifs is 1. The average Bonchev–Trinajstić information content (AvgIpc) is 3.48. The first-order valence-corrected chi connectivity index (χ1v) is 11.5. The van der Waals surface area contributed by atoms with Crippen molar-refractivity contribution in [2.24, 2.45) is 0 Å². The Morgan fingerprint density at radius 1 is 0.968 bits per heavy atom. The van der Waals surface area contributed by atoms with Gasteiger partial charge in [-0.15, -0.1) is 0 Å². The number of nitrogens with zero attached hydrogens (tertiary/aromatic N) is 2. The summed E-state index contributed by atoms with van der Waals surface area (Å²) in [5, 5.41) is 0.735. The number of amides is 1. The first-order valence-electron chi connectivity index (χ1n) is 10.7. The summed E-state index contributed by atoms with van der Waals surface area (Å²) in [5.41, 5.74) is 2.89. The molecule has 4 nitrogen and oxygen atoms in total. The lowest BCUT2D eigenvalue weighted by molar-refractivity contribution is -0.119. The molecule has 1 fully saturated rings. The lowest BCUT2D eigenvalue weighted by Gasteiger charge is -2.28. The molecule has 0 saturated carbocycles. The highest BCUT2D eigenvalue weighted by molar-refractivity contribution is 7.22. The summed E-state index contributed by atoms with van der Waals surface area (Å²) in [6.45, 7) is 1.28. The third kappa shape index (κ3) is 4.24. The highest BCUT2D eigenvalue weighted by Crippen LogP contribution is 2.34. The minimum atomic E-state index is -0.393. The summed E-state index contributed by atoms with van der Waals surface area (Å²) in [6, 6.07) is 28.0. The lowest BCUT2D eigenvalue weighted by atomic mass is 9.90. The Bertz CT molecular complexity index is 1080.